The van der Waals surface area contributed by atoms with Crippen molar-refractivity contribution in [2.75, 3.05) is 36.1 Å². The second kappa shape index (κ2) is 8.11. The zero-order chi connectivity index (χ0) is 20.3. The molecule has 0 saturated carbocycles. The fourth-order valence-corrected chi connectivity index (χ4v) is 4.65. The highest BCUT2D eigenvalue weighted by Gasteiger charge is 2.29. The Morgan fingerprint density at radius 3 is 2.68 bits per heavy atom. The van der Waals surface area contributed by atoms with E-state index in [1.165, 1.54) is 43.0 Å². The highest BCUT2D eigenvalue weighted by Crippen LogP contribution is 2.37. The molecule has 0 unspecified atom stereocenters. The summed E-state index contributed by atoms with van der Waals surface area (Å²) >= 11 is 1.29. The fraction of sp³-hybridized carbons (Fsp3) is 0.222. The SMILES string of the molecule is COC(=O)CN1C(=O)CSc2ccc(S(=O)(=O)Nc3ccccc3OC)cc21. The van der Waals surface area contributed by atoms with Crippen LogP contribution in [-0.2, 0) is 24.3 Å². The average molecular weight is 422 g/mol. The standard InChI is InChI=1S/C18H18N2O6S2/c1-25-15-6-4-3-5-13(15)19-28(23,24)12-7-8-16-14(9-12)20(10-18(22)26-2)17(21)11-27-16/h3-9,19H,10-11H2,1-2H3. The second-order valence-electron chi connectivity index (χ2n) is 5.78. The van der Waals surface area contributed by atoms with Gasteiger partial charge in [0, 0.05) is 4.90 Å². The predicted octanol–water partition coefficient (Wildman–Crippen LogP) is 2.11. The van der Waals surface area contributed by atoms with E-state index in [2.05, 4.69) is 9.46 Å². The number of sulfonamides is 1. The minimum absolute atomic E-state index is 0.0395. The number of carbonyl (C=O) groups is 2. The van der Waals surface area contributed by atoms with Crippen LogP contribution in [0.25, 0.3) is 0 Å². The van der Waals surface area contributed by atoms with Crippen molar-refractivity contribution >= 4 is 45.0 Å². The van der Waals surface area contributed by atoms with Crippen molar-refractivity contribution in [3.05, 3.63) is 42.5 Å². The molecule has 0 atom stereocenters. The lowest BCUT2D eigenvalue weighted by molar-refractivity contribution is -0.139. The third-order valence-corrected chi connectivity index (χ3v) is 6.46. The largest absolute Gasteiger partial charge is 0.495 e. The van der Waals surface area contributed by atoms with Crippen LogP contribution in [0.4, 0.5) is 11.4 Å². The molecule has 1 N–H and O–H groups in total. The maximum Gasteiger partial charge on any atom is 0.325 e. The minimum Gasteiger partial charge on any atom is -0.495 e. The Kier molecular flexibility index (Phi) is 5.80. The summed E-state index contributed by atoms with van der Waals surface area (Å²) in [5.74, 6) is -0.348. The first-order valence-electron chi connectivity index (χ1n) is 8.15. The maximum absolute atomic E-state index is 12.9. The van der Waals surface area contributed by atoms with Crippen LogP contribution in [0.2, 0.25) is 0 Å². The van der Waals surface area contributed by atoms with E-state index in [0.29, 0.717) is 22.0 Å². The van der Waals surface area contributed by atoms with Crippen LogP contribution in [0.3, 0.4) is 0 Å². The smallest absolute Gasteiger partial charge is 0.325 e. The summed E-state index contributed by atoms with van der Waals surface area (Å²) in [6.07, 6.45) is 0. The normalized spacial score (nSPS) is 13.6. The molecule has 0 aliphatic carbocycles. The van der Waals surface area contributed by atoms with Gasteiger partial charge in [0.05, 0.1) is 36.2 Å². The third kappa shape index (κ3) is 4.07. The Balaban J connectivity index is 1.97. The number of nitrogens with zero attached hydrogens (tertiary/aromatic N) is 1. The van der Waals surface area contributed by atoms with Crippen molar-refractivity contribution in [2.24, 2.45) is 0 Å². The van der Waals surface area contributed by atoms with E-state index in [1.807, 2.05) is 0 Å². The quantitative estimate of drug-likeness (QED) is 0.711. The van der Waals surface area contributed by atoms with Crippen LogP contribution in [0.5, 0.6) is 5.75 Å². The Bertz CT molecular complexity index is 1020. The van der Waals surface area contributed by atoms with Crippen LogP contribution >= 0.6 is 11.8 Å². The van der Waals surface area contributed by atoms with Gasteiger partial charge >= 0.3 is 5.97 Å². The van der Waals surface area contributed by atoms with Crippen LogP contribution in [-0.4, -0.2) is 46.8 Å². The number of rotatable bonds is 6. The summed E-state index contributed by atoms with van der Waals surface area (Å²) in [5, 5.41) is 0. The maximum atomic E-state index is 12.9. The van der Waals surface area contributed by atoms with Gasteiger partial charge in [-0.2, -0.15) is 0 Å². The molecule has 10 heteroatoms. The van der Waals surface area contributed by atoms with Gasteiger partial charge in [-0.1, -0.05) is 12.1 Å². The highest BCUT2D eigenvalue weighted by atomic mass is 32.2. The summed E-state index contributed by atoms with van der Waals surface area (Å²) in [4.78, 5) is 25.8. The highest BCUT2D eigenvalue weighted by molar-refractivity contribution is 8.00. The van der Waals surface area contributed by atoms with Crippen LogP contribution < -0.4 is 14.4 Å². The first-order chi connectivity index (χ1) is 13.4. The van der Waals surface area contributed by atoms with Gasteiger partial charge < -0.3 is 9.47 Å². The van der Waals surface area contributed by atoms with Gasteiger partial charge in [0.15, 0.2) is 0 Å². The van der Waals surface area contributed by atoms with E-state index in [9.17, 15) is 18.0 Å². The number of carbonyl (C=O) groups excluding carboxylic acids is 2. The molecular formula is C18H18N2O6S2. The van der Waals surface area contributed by atoms with Crippen molar-refractivity contribution in [1.82, 2.24) is 0 Å². The summed E-state index contributed by atoms with van der Waals surface area (Å²) in [7, 11) is -1.28. The van der Waals surface area contributed by atoms with Crippen molar-refractivity contribution in [3.8, 4) is 5.75 Å². The lowest BCUT2D eigenvalue weighted by atomic mass is 10.2. The first-order valence-corrected chi connectivity index (χ1v) is 10.6. The molecule has 2 aromatic carbocycles. The lowest BCUT2D eigenvalue weighted by Gasteiger charge is -2.28. The number of benzene rings is 2. The molecule has 1 aliphatic heterocycles. The predicted molar refractivity (Wildman–Crippen MR) is 105 cm³/mol. The minimum atomic E-state index is -3.95. The van der Waals surface area contributed by atoms with E-state index >= 15 is 0 Å². The van der Waals surface area contributed by atoms with Gasteiger partial charge in [-0.25, -0.2) is 8.42 Å². The summed E-state index contributed by atoms with van der Waals surface area (Å²) in [6, 6.07) is 11.1. The van der Waals surface area contributed by atoms with E-state index in [4.69, 9.17) is 4.74 Å². The molecule has 0 fully saturated rings. The molecule has 0 bridgehead atoms. The van der Waals surface area contributed by atoms with Crippen molar-refractivity contribution in [1.29, 1.82) is 0 Å². The molecule has 2 aromatic rings. The average Bonchev–Trinajstić information content (AvgIpc) is 2.69. The van der Waals surface area contributed by atoms with Gasteiger partial charge in [0.25, 0.3) is 10.0 Å². The van der Waals surface area contributed by atoms with E-state index in [0.717, 1.165) is 0 Å². The molecule has 28 heavy (non-hydrogen) atoms. The van der Waals surface area contributed by atoms with Crippen molar-refractivity contribution in [2.45, 2.75) is 9.79 Å². The van der Waals surface area contributed by atoms with E-state index in [-0.39, 0.29) is 23.1 Å². The molecule has 0 radical (unpaired) electrons. The molecule has 1 amide bonds. The number of anilines is 2. The van der Waals surface area contributed by atoms with Crippen molar-refractivity contribution in [3.63, 3.8) is 0 Å². The molecule has 0 aromatic heterocycles. The van der Waals surface area contributed by atoms with Crippen LogP contribution in [0, 0.1) is 0 Å². The topological polar surface area (TPSA) is 102 Å². The Morgan fingerprint density at radius 1 is 1.21 bits per heavy atom. The van der Waals surface area contributed by atoms with Gasteiger partial charge in [-0.15, -0.1) is 11.8 Å². The number of amides is 1. The molecule has 3 rings (SSSR count). The molecule has 1 aliphatic rings. The Morgan fingerprint density at radius 2 is 1.96 bits per heavy atom. The molecule has 0 saturated heterocycles. The van der Waals surface area contributed by atoms with Gasteiger partial charge in [0.2, 0.25) is 5.91 Å². The number of para-hydroxylation sites is 2. The number of fused-ring (bicyclic) bond motifs is 1. The van der Waals surface area contributed by atoms with Crippen LogP contribution in [0.15, 0.2) is 52.3 Å². The second-order valence-corrected chi connectivity index (χ2v) is 8.48. The summed E-state index contributed by atoms with van der Waals surface area (Å²) in [5.41, 5.74) is 0.647. The Hall–Kier alpha value is -2.72. The number of hydrogen-bond donors (Lipinski definition) is 1. The van der Waals surface area contributed by atoms with E-state index < -0.39 is 16.0 Å². The molecular weight excluding hydrogens is 404 g/mol. The van der Waals surface area contributed by atoms with E-state index in [1.54, 1.807) is 30.3 Å². The molecule has 0 spiro atoms. The number of methoxy groups -OCH3 is 2. The number of thioether (sulfide) groups is 1. The monoisotopic (exact) mass is 422 g/mol. The first kappa shape index (κ1) is 20.0. The summed E-state index contributed by atoms with van der Waals surface area (Å²) in [6.45, 7) is -0.285. The Labute approximate surface area is 166 Å². The fourth-order valence-electron chi connectivity index (χ4n) is 2.65. The third-order valence-electron chi connectivity index (χ3n) is 4.05. The molecule has 1 heterocycles. The zero-order valence-corrected chi connectivity index (χ0v) is 16.8. The zero-order valence-electron chi connectivity index (χ0n) is 15.2. The lowest BCUT2D eigenvalue weighted by Crippen LogP contribution is -2.39. The van der Waals surface area contributed by atoms with Gasteiger partial charge in [-0.05, 0) is 30.3 Å². The van der Waals surface area contributed by atoms with Crippen molar-refractivity contribution < 1.29 is 27.5 Å². The number of esters is 1. The number of nitrogens with one attached hydrogen (secondary N) is 1. The molecule has 8 nitrogen and oxygen atoms in total. The molecule has 148 valence electrons. The summed E-state index contributed by atoms with van der Waals surface area (Å²) < 4.78 is 38.0. The van der Waals surface area contributed by atoms with Crippen LogP contribution in [0.1, 0.15) is 0 Å². The van der Waals surface area contributed by atoms with Gasteiger partial charge in [0.1, 0.15) is 12.3 Å². The van der Waals surface area contributed by atoms with Gasteiger partial charge in [-0.3, -0.25) is 19.2 Å². The number of hydrogen-bond acceptors (Lipinski definition) is 7. The number of ether oxygens (including phenoxy) is 2.